The Morgan fingerprint density at radius 3 is 0.643 bits per heavy atom. The van der Waals surface area contributed by atoms with Crippen molar-refractivity contribution in [2.75, 3.05) is 0 Å². The summed E-state index contributed by atoms with van der Waals surface area (Å²) in [6.45, 7) is 26.5. The van der Waals surface area contributed by atoms with Gasteiger partial charge in [-0.05, 0) is 0 Å². The van der Waals surface area contributed by atoms with E-state index in [1.54, 1.807) is 0 Å². The fraction of sp³-hybridized carbons (Fsp3) is 0.786. The van der Waals surface area contributed by atoms with Crippen LogP contribution in [0.3, 0.4) is 0 Å². The maximum Gasteiger partial charge on any atom is -0.0572 e. The topological polar surface area (TPSA) is 0 Å². The fourth-order valence-corrected chi connectivity index (χ4v) is 0. The molecule has 0 spiro atoms. The van der Waals surface area contributed by atoms with Gasteiger partial charge in [0.2, 0.25) is 0 Å². The summed E-state index contributed by atoms with van der Waals surface area (Å²) in [7, 11) is 0. The predicted octanol–water partition coefficient (Wildman–Crippen LogP) is 6.48. The van der Waals surface area contributed by atoms with Crippen LogP contribution in [0.1, 0.15) is 75.7 Å². The van der Waals surface area contributed by atoms with E-state index < -0.39 is 0 Å². The summed E-state index contributed by atoms with van der Waals surface area (Å²) in [5.74, 6) is 0. The first kappa shape index (κ1) is 37.5. The molecule has 0 amide bonds. The molecule has 0 nitrogen and oxygen atoms in total. The average Bonchev–Trinajstić information content (AvgIpc) is 2.31. The van der Waals surface area contributed by atoms with Gasteiger partial charge < -0.3 is 0 Å². The molecule has 0 radical (unpaired) electrons. The molecule has 92 valence electrons. The lowest BCUT2D eigenvalue weighted by atomic mass is 10.6. The van der Waals surface area contributed by atoms with Crippen molar-refractivity contribution < 1.29 is 0 Å². The Bertz CT molecular complexity index is 29.3. The van der Waals surface area contributed by atoms with E-state index in [1.165, 1.54) is 6.42 Å². The van der Waals surface area contributed by atoms with E-state index in [2.05, 4.69) is 32.7 Å². The molecule has 0 aliphatic carbocycles. The first-order chi connectivity index (χ1) is 6.83. The van der Waals surface area contributed by atoms with Crippen LogP contribution in [-0.4, -0.2) is 0 Å². The molecule has 0 bridgehead atoms. The summed E-state index contributed by atoms with van der Waals surface area (Å²) in [5, 5.41) is 0. The largest absolute Gasteiger partial charge is 0.137 e. The zero-order valence-corrected chi connectivity index (χ0v) is 12.6. The number of hydrogen-bond donors (Lipinski definition) is 0. The van der Waals surface area contributed by atoms with Crippen LogP contribution in [0, 0.1) is 0 Å². The van der Waals surface area contributed by atoms with E-state index in [1.807, 2.05) is 55.4 Å². The highest BCUT2D eigenvalue weighted by atomic mass is 13.4. The van der Waals surface area contributed by atoms with Gasteiger partial charge in [-0.3, -0.25) is 0 Å². The third-order valence-corrected chi connectivity index (χ3v) is 0. The van der Waals surface area contributed by atoms with Gasteiger partial charge in [-0.15, -0.1) is 5.73 Å². The minimum Gasteiger partial charge on any atom is -0.137 e. The molecule has 0 heteroatoms. The number of hydrogen-bond acceptors (Lipinski definition) is 0. The van der Waals surface area contributed by atoms with Gasteiger partial charge in [-0.25, -0.2) is 0 Å². The van der Waals surface area contributed by atoms with Crippen molar-refractivity contribution in [3.8, 4) is 0 Å². The summed E-state index contributed by atoms with van der Waals surface area (Å²) >= 11 is 0. The summed E-state index contributed by atoms with van der Waals surface area (Å²) in [5.41, 5.74) is 2.25. The molecule has 0 aromatic rings. The lowest BCUT2D eigenvalue weighted by Crippen LogP contribution is -1.27. The van der Waals surface area contributed by atoms with Crippen molar-refractivity contribution in [3.05, 3.63) is 18.9 Å². The molecule has 0 aliphatic rings. The maximum absolute atomic E-state index is 3.12. The maximum atomic E-state index is 3.12. The molecule has 0 saturated heterocycles. The highest BCUT2D eigenvalue weighted by Crippen LogP contribution is 1.56. The summed E-state index contributed by atoms with van der Waals surface area (Å²) in [6.07, 6.45) is 1.25. The third kappa shape index (κ3) is 5530. The zero-order valence-electron chi connectivity index (χ0n) is 12.6. The van der Waals surface area contributed by atoms with Gasteiger partial charge in [-0.2, -0.15) is 0 Å². The monoisotopic (exact) mass is 204 g/mol. The van der Waals surface area contributed by atoms with Crippen LogP contribution in [0.25, 0.3) is 0 Å². The van der Waals surface area contributed by atoms with Crippen molar-refractivity contribution in [2.24, 2.45) is 0 Å². The molecule has 14 heavy (non-hydrogen) atoms. The van der Waals surface area contributed by atoms with Crippen LogP contribution >= 0.6 is 0 Å². The zero-order chi connectivity index (χ0) is 13.4. The van der Waals surface area contributed by atoms with Gasteiger partial charge in [0, 0.05) is 0 Å². The van der Waals surface area contributed by atoms with Crippen LogP contribution in [-0.2, 0) is 0 Å². The Balaban J connectivity index is -0.0000000139. The van der Waals surface area contributed by atoms with Crippen LogP contribution < -0.4 is 0 Å². The van der Waals surface area contributed by atoms with E-state index in [0.29, 0.717) is 0 Å². The summed E-state index contributed by atoms with van der Waals surface area (Å²) in [6, 6.07) is 0. The predicted molar refractivity (Wildman–Crippen MR) is 76.1 cm³/mol. The quantitative estimate of drug-likeness (QED) is 0.396. The molecule has 0 saturated carbocycles. The molecular weight excluding hydrogens is 168 g/mol. The van der Waals surface area contributed by atoms with Crippen molar-refractivity contribution in [3.63, 3.8) is 0 Å². The molecule has 0 fully saturated rings. The first-order valence-electron chi connectivity index (χ1n) is 6.12. The Kier molecular flexibility index (Phi) is 1930. The first-order valence-corrected chi connectivity index (χ1v) is 6.12. The van der Waals surface area contributed by atoms with Crippen molar-refractivity contribution >= 4 is 0 Å². The fourth-order valence-electron chi connectivity index (χ4n) is 0. The van der Waals surface area contributed by atoms with Gasteiger partial charge in [-0.1, -0.05) is 88.8 Å². The second-order valence-electron chi connectivity index (χ2n) is 0.957. The smallest absolute Gasteiger partial charge is 0.0572 e. The Hall–Kier alpha value is -0.480. The number of rotatable bonds is 0. The van der Waals surface area contributed by atoms with Gasteiger partial charge in [0.1, 0.15) is 0 Å². The van der Waals surface area contributed by atoms with Crippen LogP contribution in [0.4, 0.5) is 0 Å². The van der Waals surface area contributed by atoms with E-state index in [9.17, 15) is 0 Å². The van der Waals surface area contributed by atoms with E-state index in [-0.39, 0.29) is 0 Å². The molecular formula is C14H36. The molecule has 0 rings (SSSR count). The summed E-state index contributed by atoms with van der Waals surface area (Å²) < 4.78 is 0. The summed E-state index contributed by atoms with van der Waals surface area (Å²) in [4.78, 5) is 0. The molecule has 0 N–H and O–H groups in total. The molecule has 0 unspecified atom stereocenters. The second-order valence-corrected chi connectivity index (χ2v) is 0.957. The van der Waals surface area contributed by atoms with E-state index in [0.717, 1.165) is 0 Å². The van der Waals surface area contributed by atoms with Crippen molar-refractivity contribution in [1.82, 2.24) is 0 Å². The Morgan fingerprint density at radius 1 is 0.643 bits per heavy atom. The van der Waals surface area contributed by atoms with Gasteiger partial charge in [0.25, 0.3) is 0 Å². The molecule has 0 aliphatic heterocycles. The lowest BCUT2D eigenvalue weighted by Gasteiger charge is -1.48. The molecule has 0 atom stereocenters. The highest BCUT2D eigenvalue weighted by Gasteiger charge is 1.35. The third-order valence-electron chi connectivity index (χ3n) is 0. The standard InChI is InChI=1S/C3H8.C3H4.4C2H6/c2*1-3-2;4*1-2/h3H2,1-2H3;1-2H2;4*1-2H3. The van der Waals surface area contributed by atoms with Crippen molar-refractivity contribution in [2.45, 2.75) is 75.7 Å². The second kappa shape index (κ2) is 719. The van der Waals surface area contributed by atoms with Crippen LogP contribution in [0.5, 0.6) is 0 Å². The Labute approximate surface area is 95.1 Å². The Morgan fingerprint density at radius 2 is 0.643 bits per heavy atom. The molecule has 0 aromatic heterocycles. The van der Waals surface area contributed by atoms with E-state index in [4.69, 9.17) is 0 Å². The van der Waals surface area contributed by atoms with E-state index >= 15 is 0 Å². The average molecular weight is 204 g/mol. The van der Waals surface area contributed by atoms with Crippen LogP contribution in [0.2, 0.25) is 0 Å². The minimum atomic E-state index is 1.25. The SMILES string of the molecule is C=C=C.CC.CC.CC.CC.CCC. The van der Waals surface area contributed by atoms with Gasteiger partial charge in [0.15, 0.2) is 0 Å². The van der Waals surface area contributed by atoms with Gasteiger partial charge in [0.05, 0.1) is 0 Å². The molecule has 0 heterocycles. The van der Waals surface area contributed by atoms with Crippen molar-refractivity contribution in [1.29, 1.82) is 0 Å². The van der Waals surface area contributed by atoms with Crippen LogP contribution in [0.15, 0.2) is 18.9 Å². The minimum absolute atomic E-state index is 1.25. The highest BCUT2D eigenvalue weighted by molar-refractivity contribution is 4.51. The normalized spacial score (nSPS) is 3.57. The molecule has 0 aromatic carbocycles. The van der Waals surface area contributed by atoms with Gasteiger partial charge >= 0.3 is 0 Å². The lowest BCUT2D eigenvalue weighted by molar-refractivity contribution is 1.09.